The number of aromatic nitrogens is 16. The Hall–Kier alpha value is -15.8. The number of nitrogens with zero attached hydrogens (tertiary/aromatic N) is 20. The summed E-state index contributed by atoms with van der Waals surface area (Å²) in [4.78, 5) is 57.8. The molecule has 0 radical (unpaired) electrons. The van der Waals surface area contributed by atoms with E-state index in [1.54, 1.807) is 0 Å². The normalized spacial score (nSPS) is 14.8. The minimum Gasteiger partial charge on any atom is -0.481 e. The molecule has 26 heteroatoms. The van der Waals surface area contributed by atoms with E-state index in [1.165, 1.54) is 61.2 Å². The molecule has 0 bridgehead atoms. The molecule has 23 rings (SSSR count). The van der Waals surface area contributed by atoms with Crippen LogP contribution in [0.3, 0.4) is 0 Å². The zero-order chi connectivity index (χ0) is 99.3. The van der Waals surface area contributed by atoms with Crippen molar-refractivity contribution in [3.05, 3.63) is 393 Å². The van der Waals surface area contributed by atoms with Gasteiger partial charge in [0.1, 0.15) is 27.6 Å². The van der Waals surface area contributed by atoms with E-state index in [2.05, 4.69) is 372 Å². The summed E-state index contributed by atoms with van der Waals surface area (Å²) in [5, 5.41) is 54.4. The number of hydrogen-bond acceptors (Lipinski definition) is 17. The van der Waals surface area contributed by atoms with Gasteiger partial charge in [0, 0.05) is 95.2 Å². The Morgan fingerprint density at radius 3 is 1.03 bits per heavy atom. The zero-order valence-corrected chi connectivity index (χ0v) is 83.5. The van der Waals surface area contributed by atoms with Gasteiger partial charge in [0.25, 0.3) is 0 Å². The molecule has 0 saturated carbocycles. The van der Waals surface area contributed by atoms with Crippen LogP contribution in [0, 0.1) is 80.1 Å². The third-order valence-electron chi connectivity index (χ3n) is 29.9. The number of piperidine rings is 3. The molecule has 9 aromatic carbocycles. The molecule has 5 aliphatic rings. The van der Waals surface area contributed by atoms with E-state index in [0.29, 0.717) is 32.5 Å². The van der Waals surface area contributed by atoms with E-state index >= 15 is 0 Å². The average molecular weight is 1910 g/mol. The van der Waals surface area contributed by atoms with Crippen LogP contribution in [0.1, 0.15) is 159 Å². The second-order valence-corrected chi connectivity index (χ2v) is 39.0. The van der Waals surface area contributed by atoms with Crippen LogP contribution >= 0.6 is 0 Å². The highest BCUT2D eigenvalue weighted by Crippen LogP contribution is 2.47. The maximum absolute atomic E-state index is 14.6. The van der Waals surface area contributed by atoms with Crippen molar-refractivity contribution in [3.8, 4) is 17.1 Å². The van der Waals surface area contributed by atoms with Gasteiger partial charge in [-0.05, 0) is 227 Å². The first-order valence-corrected chi connectivity index (χ1v) is 50.7. The van der Waals surface area contributed by atoms with Crippen LogP contribution in [0.15, 0.2) is 292 Å². The molecule has 0 unspecified atom stereocenters. The van der Waals surface area contributed by atoms with Crippen molar-refractivity contribution in [2.24, 2.45) is 23.5 Å². The molecule has 144 heavy (non-hydrogen) atoms. The predicted octanol–water partition coefficient (Wildman–Crippen LogP) is 20.5. The van der Waals surface area contributed by atoms with Crippen LogP contribution in [0.4, 0.5) is 28.8 Å². The summed E-state index contributed by atoms with van der Waals surface area (Å²) >= 11 is 0. The fourth-order valence-corrected chi connectivity index (χ4v) is 22.3. The summed E-state index contributed by atoms with van der Waals surface area (Å²) in [7, 11) is 0. The first-order chi connectivity index (χ1) is 70.2. The summed E-state index contributed by atoms with van der Waals surface area (Å²) in [5.41, 5.74) is 32.4. The number of carboxylic acid groups (broad SMARTS) is 1. The number of fused-ring (bicyclic) bond motifs is 5. The van der Waals surface area contributed by atoms with Crippen molar-refractivity contribution in [2.45, 2.75) is 150 Å². The lowest BCUT2D eigenvalue weighted by atomic mass is 9.77. The van der Waals surface area contributed by atoms with Gasteiger partial charge in [-0.1, -0.05) is 235 Å². The van der Waals surface area contributed by atoms with Crippen molar-refractivity contribution in [3.63, 3.8) is 0 Å². The molecule has 0 atom stereocenters. The number of rotatable bonds is 20. The van der Waals surface area contributed by atoms with Crippen LogP contribution in [0.5, 0.6) is 0 Å². The number of nitrogens with two attached hydrogens (primary N) is 1. The van der Waals surface area contributed by atoms with Crippen molar-refractivity contribution >= 4 is 79.3 Å². The maximum Gasteiger partial charge on any atom is 0.306 e. The summed E-state index contributed by atoms with van der Waals surface area (Å²) in [5.74, 6) is 1.81. The molecule has 5 aliphatic heterocycles. The average Bonchev–Trinajstić information content (AvgIpc) is 1.30. The summed E-state index contributed by atoms with van der Waals surface area (Å²) in [6.45, 7) is 24.9. The number of hydrogen-bond donors (Lipinski definition) is 3. The fraction of sp³-hybridized carbons (Fsp3) is 0.297. The quantitative estimate of drug-likeness (QED) is 0.0598. The SMILES string of the molecule is Cc1ccc(-n2nc3c(N4CCC(C(=O)N5CCCc6c[nH]cc65)CC4)nnc(C)c3c2C)cc1.Cc1ccc(-n2nc3c(N4CCC(C(=O)N5CCCc6cn(C(c7ccccc7)(c7ccccc7)c7ccccc7)cc65)CC4)nnc(C)c3c2C)cc1.Cc1ccc(-n2nc3c(N4CCC(C(=O)O)CC4)nnc(C)c3c2C)cc1.NCCCc1cn(C(c2ccccc2)(c2ccccc2)c2ccccc2)cn1. The highest BCUT2D eigenvalue weighted by Gasteiger charge is 2.44. The Labute approximate surface area is 840 Å². The topological polar surface area (TPSA) is 283 Å². The number of carbonyl (C=O) groups is 3. The number of anilines is 5. The molecule has 26 nitrogen and oxygen atoms in total. The molecule has 3 saturated heterocycles. The van der Waals surface area contributed by atoms with Gasteiger partial charge in [-0.3, -0.25) is 14.4 Å². The fourth-order valence-electron chi connectivity index (χ4n) is 22.3. The van der Waals surface area contributed by atoms with Gasteiger partial charge in [-0.15, -0.1) is 15.3 Å². The molecule has 2 amide bonds. The zero-order valence-electron chi connectivity index (χ0n) is 83.5. The first-order valence-electron chi connectivity index (χ1n) is 50.7. The smallest absolute Gasteiger partial charge is 0.306 e. The summed E-state index contributed by atoms with van der Waals surface area (Å²) in [6.07, 6.45) is 22.8. The minimum atomic E-state index is -0.714. The predicted molar refractivity (Wildman–Crippen MR) is 570 cm³/mol. The largest absolute Gasteiger partial charge is 0.481 e. The number of amides is 2. The van der Waals surface area contributed by atoms with E-state index in [-0.39, 0.29) is 29.6 Å². The number of aliphatic carboxylic acids is 1. The van der Waals surface area contributed by atoms with Crippen LogP contribution in [0.2, 0.25) is 0 Å². The van der Waals surface area contributed by atoms with Crippen LogP contribution < -0.4 is 30.2 Å². The van der Waals surface area contributed by atoms with Gasteiger partial charge in [0.05, 0.1) is 96.7 Å². The number of nitrogens with one attached hydrogen (secondary N) is 1. The number of benzene rings is 9. The van der Waals surface area contributed by atoms with Crippen molar-refractivity contribution in [2.75, 3.05) is 83.4 Å². The Kier molecular flexibility index (Phi) is 27.8. The Balaban J connectivity index is 0.000000123. The Morgan fingerprint density at radius 1 is 0.368 bits per heavy atom. The monoisotopic (exact) mass is 1910 g/mol. The lowest BCUT2D eigenvalue weighted by Gasteiger charge is -2.38. The summed E-state index contributed by atoms with van der Waals surface area (Å²) < 4.78 is 10.5. The molecule has 730 valence electrons. The number of aryl methyl sites for hydroxylation is 12. The lowest BCUT2D eigenvalue weighted by molar-refractivity contribution is -0.142. The van der Waals surface area contributed by atoms with E-state index in [9.17, 15) is 19.5 Å². The van der Waals surface area contributed by atoms with Crippen LogP contribution in [0.25, 0.3) is 49.8 Å². The molecular weight excluding hydrogens is 1790 g/mol. The molecular formula is C118H124N22O4. The van der Waals surface area contributed by atoms with Gasteiger partial charge in [0.2, 0.25) is 11.8 Å². The highest BCUT2D eigenvalue weighted by molar-refractivity contribution is 5.99. The second kappa shape index (κ2) is 41.8. The maximum atomic E-state index is 14.6. The molecule has 14 heterocycles. The van der Waals surface area contributed by atoms with Gasteiger partial charge < -0.3 is 49.5 Å². The van der Waals surface area contributed by atoms with Crippen molar-refractivity contribution < 1.29 is 19.5 Å². The first kappa shape index (κ1) is 95.7. The minimum absolute atomic E-state index is 0.0350. The number of H-pyrrole nitrogens is 1. The van der Waals surface area contributed by atoms with Crippen LogP contribution in [-0.4, -0.2) is 161 Å². The lowest BCUT2D eigenvalue weighted by Crippen LogP contribution is -2.44. The molecule has 0 aliphatic carbocycles. The van der Waals surface area contributed by atoms with Crippen LogP contribution in [-0.2, 0) is 44.7 Å². The molecule has 4 N–H and O–H groups in total. The van der Waals surface area contributed by atoms with E-state index < -0.39 is 17.0 Å². The van der Waals surface area contributed by atoms with E-state index in [4.69, 9.17) is 26.0 Å². The van der Waals surface area contributed by atoms with Crippen molar-refractivity contribution in [1.29, 1.82) is 0 Å². The molecule has 9 aromatic heterocycles. The number of carbonyl (C=O) groups excluding carboxylic acids is 2. The van der Waals surface area contributed by atoms with E-state index in [1.807, 2.05) is 65.4 Å². The molecule has 3 fully saturated rings. The Bertz CT molecular complexity index is 7350. The Morgan fingerprint density at radius 2 is 0.694 bits per heavy atom. The molecule has 0 spiro atoms. The second-order valence-electron chi connectivity index (χ2n) is 39.0. The number of imidazole rings is 1. The standard InChI is InChI=1S/C46H45N7O.C27H31N7O.C25H25N3.C20H23N5O2/c1-32-21-23-40(24-22-32)53-34(3)42-33(2)47-48-44(43(42)49-53)50-28-25-35(26-29-50)45(54)52-27-13-14-36-30-51(31-41(36)52)46(37-15-7-4-8-16-37,38-17-9-5-10-18-38)39-19-11-6-12-20-39;1-17-6-8-22(9-7-17)34-19(3)24-18(2)29-30-26(25(24)31-34)32-13-10-20(11-14-32)27(35)33-12-4-5-21-15-28-16-23(21)33;26-18-10-17-24-19-28(20-27-24)25(21-11-4-1-5-12-21,22-13-6-2-7-14-22)23-15-8-3-9-16-23;1-12-4-6-16(7-5-12)25-14(3)17-13(2)21-22-19(18(17)23-25)24-10-8-15(9-11-24)20(26)27/h4-12,15-24,30-31,35H,13-14,25-29H2,1-3H3;6-9,15-16,20,28H,4-5,10-14H2,1-3H3;1-9,11-16,19-20H,10,17-18,26H2;4-7,15H,8-11H2,1-3H3,(H,26,27). The van der Waals surface area contributed by atoms with E-state index in [0.717, 1.165) is 222 Å². The van der Waals surface area contributed by atoms with Gasteiger partial charge in [0.15, 0.2) is 17.5 Å². The third kappa shape index (κ3) is 18.6. The molecule has 18 aromatic rings. The number of aromatic amines is 1. The van der Waals surface area contributed by atoms with Gasteiger partial charge in [-0.2, -0.15) is 30.6 Å². The highest BCUT2D eigenvalue weighted by atomic mass is 16.4. The third-order valence-corrected chi connectivity index (χ3v) is 29.9. The van der Waals surface area contributed by atoms with Crippen molar-refractivity contribution in [1.82, 2.24) is 79.0 Å². The summed E-state index contributed by atoms with van der Waals surface area (Å²) in [6, 6.07) is 89.3. The number of carboxylic acids is 1. The van der Waals surface area contributed by atoms with Gasteiger partial charge >= 0.3 is 5.97 Å². The van der Waals surface area contributed by atoms with Gasteiger partial charge in [-0.25, -0.2) is 19.0 Å².